The summed E-state index contributed by atoms with van der Waals surface area (Å²) in [5.41, 5.74) is 3.38. The molecule has 1 heterocycles. The Labute approximate surface area is 151 Å². The van der Waals surface area contributed by atoms with Crippen molar-refractivity contribution in [1.82, 2.24) is 5.16 Å². The maximum atomic E-state index is 14.0. The highest BCUT2D eigenvalue weighted by molar-refractivity contribution is 5.61. The second kappa shape index (κ2) is 7.00. The van der Waals surface area contributed by atoms with E-state index >= 15 is 0 Å². The van der Waals surface area contributed by atoms with Gasteiger partial charge in [0.05, 0.1) is 6.04 Å². The van der Waals surface area contributed by atoms with Gasteiger partial charge in [-0.3, -0.25) is 0 Å². The first-order valence-electron chi connectivity index (χ1n) is 8.91. The van der Waals surface area contributed by atoms with Crippen molar-refractivity contribution in [2.24, 2.45) is 0 Å². The average Bonchev–Trinajstić information content (AvgIpc) is 3.42. The Bertz CT molecular complexity index is 901. The summed E-state index contributed by atoms with van der Waals surface area (Å²) in [6, 6.07) is 13.7. The first-order valence-corrected chi connectivity index (χ1v) is 8.91. The minimum Gasteiger partial charge on any atom is -0.356 e. The van der Waals surface area contributed by atoms with Gasteiger partial charge in [0.25, 0.3) is 0 Å². The number of nitrogens with zero attached hydrogens (tertiary/aromatic N) is 1. The number of hydrogen-bond donors (Lipinski definition) is 1. The smallest absolute Gasteiger partial charge is 0.170 e. The lowest BCUT2D eigenvalue weighted by molar-refractivity contribution is -0.939. The summed E-state index contributed by atoms with van der Waals surface area (Å²) in [7, 11) is 0. The molecule has 3 nitrogen and oxygen atoms in total. The predicted molar refractivity (Wildman–Crippen MR) is 94.4 cm³/mol. The van der Waals surface area contributed by atoms with E-state index in [1.54, 1.807) is 18.2 Å². The number of nitrogens with one attached hydrogen (secondary N) is 1. The van der Waals surface area contributed by atoms with Crippen LogP contribution in [0.3, 0.4) is 0 Å². The SMILES string of the molecule is Cc1c(C[NH+](Cc2ccccc2F)C2CC2)noc1-c1ccc(F)cc1. The number of hydrogen-bond acceptors (Lipinski definition) is 2. The van der Waals surface area contributed by atoms with Crippen LogP contribution in [0.25, 0.3) is 11.3 Å². The highest BCUT2D eigenvalue weighted by Gasteiger charge is 2.35. The van der Waals surface area contributed by atoms with Crippen LogP contribution in [0.4, 0.5) is 8.78 Å². The number of halogens is 2. The molecule has 5 heteroatoms. The molecule has 0 amide bonds. The van der Waals surface area contributed by atoms with E-state index in [2.05, 4.69) is 5.16 Å². The van der Waals surface area contributed by atoms with Gasteiger partial charge in [-0.25, -0.2) is 8.78 Å². The maximum absolute atomic E-state index is 14.0. The Morgan fingerprint density at radius 3 is 2.46 bits per heavy atom. The van der Waals surface area contributed by atoms with Crippen molar-refractivity contribution in [1.29, 1.82) is 0 Å². The molecule has 0 radical (unpaired) electrons. The van der Waals surface area contributed by atoms with Gasteiger partial charge in [-0.1, -0.05) is 23.4 Å². The third-order valence-electron chi connectivity index (χ3n) is 5.05. The lowest BCUT2D eigenvalue weighted by Gasteiger charge is -2.18. The molecule has 3 aromatic rings. The highest BCUT2D eigenvalue weighted by Crippen LogP contribution is 2.26. The zero-order chi connectivity index (χ0) is 18.1. The molecule has 1 unspecified atom stereocenters. The molecule has 134 valence electrons. The van der Waals surface area contributed by atoms with E-state index in [4.69, 9.17) is 4.52 Å². The van der Waals surface area contributed by atoms with Crippen LogP contribution in [0.15, 0.2) is 53.1 Å². The van der Waals surface area contributed by atoms with Crippen molar-refractivity contribution >= 4 is 0 Å². The van der Waals surface area contributed by atoms with Gasteiger partial charge in [-0.15, -0.1) is 0 Å². The summed E-state index contributed by atoms with van der Waals surface area (Å²) < 4.78 is 32.7. The van der Waals surface area contributed by atoms with Gasteiger partial charge < -0.3 is 9.42 Å². The fraction of sp³-hybridized carbons (Fsp3) is 0.286. The fourth-order valence-electron chi connectivity index (χ4n) is 3.35. The number of rotatable bonds is 6. The topological polar surface area (TPSA) is 30.5 Å². The number of quaternary nitrogens is 1. The van der Waals surface area contributed by atoms with Gasteiger partial charge in [0.1, 0.15) is 30.4 Å². The molecule has 1 N–H and O–H groups in total. The lowest BCUT2D eigenvalue weighted by atomic mass is 10.1. The van der Waals surface area contributed by atoms with Crippen LogP contribution in [0, 0.1) is 18.6 Å². The summed E-state index contributed by atoms with van der Waals surface area (Å²) in [4.78, 5) is 1.30. The normalized spacial score (nSPS) is 15.2. The van der Waals surface area contributed by atoms with Gasteiger partial charge in [0, 0.05) is 29.5 Å². The standard InChI is InChI=1S/C21H20F2N2O/c1-14-20(24-26-21(14)15-6-8-17(22)9-7-15)13-25(18-10-11-18)12-16-4-2-3-5-19(16)23/h2-9,18H,10-13H2,1H3/p+1. The maximum Gasteiger partial charge on any atom is 0.170 e. The van der Waals surface area contributed by atoms with Crippen LogP contribution in [-0.2, 0) is 13.1 Å². The summed E-state index contributed by atoms with van der Waals surface area (Å²) in [6.45, 7) is 3.29. The van der Waals surface area contributed by atoms with Crippen molar-refractivity contribution in [2.75, 3.05) is 0 Å². The van der Waals surface area contributed by atoms with Crippen molar-refractivity contribution in [3.8, 4) is 11.3 Å². The van der Waals surface area contributed by atoms with Crippen LogP contribution in [-0.4, -0.2) is 11.2 Å². The van der Waals surface area contributed by atoms with Crippen molar-refractivity contribution in [3.05, 3.63) is 77.0 Å². The molecular formula is C21H21F2N2O+. The van der Waals surface area contributed by atoms with E-state index in [1.165, 1.54) is 23.1 Å². The number of aromatic nitrogens is 1. The van der Waals surface area contributed by atoms with Gasteiger partial charge >= 0.3 is 0 Å². The molecule has 2 aromatic carbocycles. The van der Waals surface area contributed by atoms with Gasteiger partial charge in [-0.05, 0) is 37.3 Å². The summed E-state index contributed by atoms with van der Waals surface area (Å²) >= 11 is 0. The zero-order valence-corrected chi connectivity index (χ0v) is 14.6. The zero-order valence-electron chi connectivity index (χ0n) is 14.6. The van der Waals surface area contributed by atoms with Crippen molar-refractivity contribution < 1.29 is 18.2 Å². The number of benzene rings is 2. The largest absolute Gasteiger partial charge is 0.356 e. The molecule has 0 aliphatic heterocycles. The minimum absolute atomic E-state index is 0.158. The molecule has 1 fully saturated rings. The molecule has 1 saturated carbocycles. The molecule has 1 aromatic heterocycles. The Morgan fingerprint density at radius 2 is 1.77 bits per heavy atom. The second-order valence-corrected chi connectivity index (χ2v) is 6.97. The third-order valence-corrected chi connectivity index (χ3v) is 5.05. The summed E-state index contributed by atoms with van der Waals surface area (Å²) in [5, 5.41) is 4.25. The summed E-state index contributed by atoms with van der Waals surface area (Å²) in [6.07, 6.45) is 2.32. The van der Waals surface area contributed by atoms with Gasteiger partial charge in [0.15, 0.2) is 5.76 Å². The third kappa shape index (κ3) is 3.53. The summed E-state index contributed by atoms with van der Waals surface area (Å²) in [5.74, 6) is 0.232. The molecule has 0 bridgehead atoms. The van der Waals surface area contributed by atoms with Crippen LogP contribution in [0.1, 0.15) is 29.7 Å². The molecule has 1 aliphatic carbocycles. The van der Waals surface area contributed by atoms with Crippen LogP contribution < -0.4 is 4.90 Å². The van der Waals surface area contributed by atoms with Gasteiger partial charge in [0.2, 0.25) is 0 Å². The van der Waals surface area contributed by atoms with E-state index < -0.39 is 0 Å². The van der Waals surface area contributed by atoms with E-state index in [0.29, 0.717) is 24.9 Å². The molecule has 1 aliphatic rings. The van der Waals surface area contributed by atoms with E-state index in [-0.39, 0.29) is 11.6 Å². The Hall–Kier alpha value is -2.53. The lowest BCUT2D eigenvalue weighted by Crippen LogP contribution is -3.10. The van der Waals surface area contributed by atoms with E-state index in [9.17, 15) is 8.78 Å². The molecule has 1 atom stereocenters. The van der Waals surface area contributed by atoms with E-state index in [0.717, 1.165) is 35.2 Å². The van der Waals surface area contributed by atoms with Crippen LogP contribution in [0.2, 0.25) is 0 Å². The molecule has 0 saturated heterocycles. The molecular weight excluding hydrogens is 334 g/mol. The van der Waals surface area contributed by atoms with Gasteiger partial charge in [-0.2, -0.15) is 0 Å². The Morgan fingerprint density at radius 1 is 1.04 bits per heavy atom. The van der Waals surface area contributed by atoms with Crippen molar-refractivity contribution in [2.45, 2.75) is 38.9 Å². The predicted octanol–water partition coefficient (Wildman–Crippen LogP) is 3.68. The Balaban J connectivity index is 1.55. The van der Waals surface area contributed by atoms with Crippen LogP contribution in [0.5, 0.6) is 0 Å². The highest BCUT2D eigenvalue weighted by atomic mass is 19.1. The van der Waals surface area contributed by atoms with Crippen molar-refractivity contribution in [3.63, 3.8) is 0 Å². The first-order chi connectivity index (χ1) is 12.6. The van der Waals surface area contributed by atoms with E-state index in [1.807, 2.05) is 19.1 Å². The fourth-order valence-corrected chi connectivity index (χ4v) is 3.35. The molecule has 0 spiro atoms. The van der Waals surface area contributed by atoms with Crippen LogP contribution >= 0.6 is 0 Å². The quantitative estimate of drug-likeness (QED) is 0.731. The second-order valence-electron chi connectivity index (χ2n) is 6.97. The Kier molecular flexibility index (Phi) is 4.55. The first kappa shape index (κ1) is 16.9. The average molecular weight is 355 g/mol. The monoisotopic (exact) mass is 355 g/mol. The molecule has 4 rings (SSSR count). The molecule has 26 heavy (non-hydrogen) atoms. The minimum atomic E-state index is -0.277.